The van der Waals surface area contributed by atoms with Gasteiger partial charge in [0.2, 0.25) is 5.75 Å². The number of aromatic hydroxyl groups is 2. The van der Waals surface area contributed by atoms with Crippen molar-refractivity contribution in [1.29, 1.82) is 5.26 Å². The third kappa shape index (κ3) is 8.99. The number of hydrogen-bond donors (Lipinski definition) is 2. The SMILES string of the molecule is CCCCCCCCCCCCCCCCn1cc(O)c(=O)c(O)c1C#N. The van der Waals surface area contributed by atoms with Crippen LogP contribution in [0.2, 0.25) is 0 Å². The lowest BCUT2D eigenvalue weighted by Gasteiger charge is -2.10. The fraction of sp³-hybridized carbons (Fsp3) is 0.727. The topological polar surface area (TPSA) is 86.2 Å². The summed E-state index contributed by atoms with van der Waals surface area (Å²) in [6, 6.07) is 1.83. The Morgan fingerprint density at radius 1 is 0.852 bits per heavy atom. The molecule has 0 aliphatic rings. The molecule has 0 bridgehead atoms. The molecule has 0 amide bonds. The highest BCUT2D eigenvalue weighted by molar-refractivity contribution is 5.41. The molecule has 27 heavy (non-hydrogen) atoms. The summed E-state index contributed by atoms with van der Waals surface area (Å²) in [5.41, 5.74) is -0.962. The first-order valence-corrected chi connectivity index (χ1v) is 10.7. The minimum absolute atomic E-state index is 0.0764. The molecule has 0 fully saturated rings. The van der Waals surface area contributed by atoms with Crippen LogP contribution in [-0.2, 0) is 6.54 Å². The van der Waals surface area contributed by atoms with E-state index in [1.807, 2.05) is 6.07 Å². The van der Waals surface area contributed by atoms with Crippen molar-refractivity contribution in [3.63, 3.8) is 0 Å². The van der Waals surface area contributed by atoms with Gasteiger partial charge in [0.25, 0.3) is 5.43 Å². The van der Waals surface area contributed by atoms with Gasteiger partial charge in [-0.2, -0.15) is 5.26 Å². The summed E-state index contributed by atoms with van der Waals surface area (Å²) in [6.45, 7) is 2.77. The van der Waals surface area contributed by atoms with Gasteiger partial charge >= 0.3 is 0 Å². The Hall–Kier alpha value is -1.96. The second kappa shape index (κ2) is 14.1. The number of aromatic nitrogens is 1. The molecule has 0 spiro atoms. The molecule has 0 aromatic carbocycles. The highest BCUT2D eigenvalue weighted by atomic mass is 16.3. The third-order valence-electron chi connectivity index (χ3n) is 5.10. The Labute approximate surface area is 163 Å². The molecule has 0 aliphatic carbocycles. The molecule has 1 rings (SSSR count). The highest BCUT2D eigenvalue weighted by Gasteiger charge is 2.13. The summed E-state index contributed by atoms with van der Waals surface area (Å²) in [6.07, 6.45) is 19.1. The van der Waals surface area contributed by atoms with Crippen molar-refractivity contribution in [2.24, 2.45) is 0 Å². The fourth-order valence-corrected chi connectivity index (χ4v) is 3.41. The molecule has 5 heteroatoms. The second-order valence-corrected chi connectivity index (χ2v) is 7.44. The first kappa shape index (κ1) is 23.1. The van der Waals surface area contributed by atoms with Gasteiger partial charge in [0.1, 0.15) is 6.07 Å². The van der Waals surface area contributed by atoms with Gasteiger partial charge in [0.05, 0.1) is 6.20 Å². The zero-order valence-electron chi connectivity index (χ0n) is 16.9. The minimum atomic E-state index is -0.885. The van der Waals surface area contributed by atoms with Gasteiger partial charge in [-0.15, -0.1) is 0 Å². The fourth-order valence-electron chi connectivity index (χ4n) is 3.41. The van der Waals surface area contributed by atoms with Crippen molar-refractivity contribution in [2.75, 3.05) is 0 Å². The molecule has 5 nitrogen and oxygen atoms in total. The molecule has 0 atom stereocenters. The summed E-state index contributed by atoms with van der Waals surface area (Å²) in [7, 11) is 0. The smallest absolute Gasteiger partial charge is 0.266 e. The summed E-state index contributed by atoms with van der Waals surface area (Å²) >= 11 is 0. The minimum Gasteiger partial charge on any atom is -0.503 e. The van der Waals surface area contributed by atoms with Gasteiger partial charge in [-0.05, 0) is 6.42 Å². The number of unbranched alkanes of at least 4 members (excludes halogenated alkanes) is 13. The van der Waals surface area contributed by atoms with E-state index in [2.05, 4.69) is 6.92 Å². The molecule has 1 aromatic rings. The molecule has 0 saturated carbocycles. The van der Waals surface area contributed by atoms with Gasteiger partial charge in [-0.25, -0.2) is 0 Å². The summed E-state index contributed by atoms with van der Waals surface area (Å²) in [4.78, 5) is 11.4. The van der Waals surface area contributed by atoms with Crippen LogP contribution >= 0.6 is 0 Å². The van der Waals surface area contributed by atoms with Crippen molar-refractivity contribution >= 4 is 0 Å². The van der Waals surface area contributed by atoms with E-state index < -0.39 is 16.9 Å². The third-order valence-corrected chi connectivity index (χ3v) is 5.10. The summed E-state index contributed by atoms with van der Waals surface area (Å²) in [5.74, 6) is -1.18. The van der Waals surface area contributed by atoms with Crippen molar-refractivity contribution in [2.45, 2.75) is 103 Å². The monoisotopic (exact) mass is 376 g/mol. The van der Waals surface area contributed by atoms with Gasteiger partial charge in [0.15, 0.2) is 11.4 Å². The zero-order valence-corrected chi connectivity index (χ0v) is 16.9. The van der Waals surface area contributed by atoms with Crippen LogP contribution in [0.15, 0.2) is 11.0 Å². The number of rotatable bonds is 15. The lowest BCUT2D eigenvalue weighted by atomic mass is 10.0. The highest BCUT2D eigenvalue weighted by Crippen LogP contribution is 2.17. The van der Waals surface area contributed by atoms with Crippen LogP contribution in [-0.4, -0.2) is 14.8 Å². The van der Waals surface area contributed by atoms with Gasteiger partial charge < -0.3 is 14.8 Å². The molecular formula is C22H36N2O3. The van der Waals surface area contributed by atoms with Crippen LogP contribution in [0.4, 0.5) is 0 Å². The molecule has 2 N–H and O–H groups in total. The van der Waals surface area contributed by atoms with Gasteiger partial charge in [-0.3, -0.25) is 4.79 Å². The van der Waals surface area contributed by atoms with Crippen LogP contribution in [0.25, 0.3) is 0 Å². The Morgan fingerprint density at radius 2 is 1.30 bits per heavy atom. The summed E-state index contributed by atoms with van der Waals surface area (Å²) < 4.78 is 1.46. The van der Waals surface area contributed by atoms with E-state index in [0.717, 1.165) is 19.3 Å². The Bertz CT molecular complexity index is 632. The van der Waals surface area contributed by atoms with Crippen LogP contribution in [0.3, 0.4) is 0 Å². The zero-order chi connectivity index (χ0) is 19.9. The van der Waals surface area contributed by atoms with E-state index >= 15 is 0 Å². The average molecular weight is 377 g/mol. The molecule has 0 radical (unpaired) electrons. The molecule has 1 aromatic heterocycles. The van der Waals surface area contributed by atoms with E-state index in [-0.39, 0.29) is 5.69 Å². The lowest BCUT2D eigenvalue weighted by molar-refractivity contribution is 0.421. The van der Waals surface area contributed by atoms with E-state index in [1.54, 1.807) is 0 Å². The number of nitriles is 1. The molecular weight excluding hydrogens is 340 g/mol. The quantitative estimate of drug-likeness (QED) is 0.389. The molecule has 0 saturated heterocycles. The first-order chi connectivity index (χ1) is 13.1. The lowest BCUT2D eigenvalue weighted by Crippen LogP contribution is -2.11. The predicted octanol–water partition coefficient (Wildman–Crippen LogP) is 5.61. The first-order valence-electron chi connectivity index (χ1n) is 10.7. The second-order valence-electron chi connectivity index (χ2n) is 7.44. The molecule has 0 aliphatic heterocycles. The Balaban J connectivity index is 2.06. The van der Waals surface area contributed by atoms with E-state index in [0.29, 0.717) is 6.54 Å². The maximum atomic E-state index is 11.4. The van der Waals surface area contributed by atoms with Gasteiger partial charge in [-0.1, -0.05) is 90.4 Å². The van der Waals surface area contributed by atoms with Crippen molar-refractivity contribution in [3.05, 3.63) is 22.1 Å². The van der Waals surface area contributed by atoms with Crippen molar-refractivity contribution in [1.82, 2.24) is 4.57 Å². The Kier molecular flexibility index (Phi) is 12.1. The van der Waals surface area contributed by atoms with Crippen LogP contribution in [0, 0.1) is 11.3 Å². The maximum absolute atomic E-state index is 11.4. The van der Waals surface area contributed by atoms with Gasteiger partial charge in [0, 0.05) is 6.54 Å². The normalized spacial score (nSPS) is 10.8. The van der Waals surface area contributed by atoms with Crippen LogP contribution in [0.5, 0.6) is 11.5 Å². The van der Waals surface area contributed by atoms with Crippen LogP contribution < -0.4 is 5.43 Å². The number of nitrogens with zero attached hydrogens (tertiary/aromatic N) is 2. The summed E-state index contributed by atoms with van der Waals surface area (Å²) in [5, 5.41) is 28.3. The average Bonchev–Trinajstić information content (AvgIpc) is 2.66. The number of pyridine rings is 1. The van der Waals surface area contributed by atoms with Crippen molar-refractivity contribution < 1.29 is 10.2 Å². The van der Waals surface area contributed by atoms with Crippen molar-refractivity contribution in [3.8, 4) is 17.6 Å². The largest absolute Gasteiger partial charge is 0.503 e. The van der Waals surface area contributed by atoms with E-state index in [9.17, 15) is 15.0 Å². The molecule has 152 valence electrons. The molecule has 1 heterocycles. The van der Waals surface area contributed by atoms with Crippen LogP contribution in [0.1, 0.15) is 103 Å². The molecule has 0 unspecified atom stereocenters. The maximum Gasteiger partial charge on any atom is 0.266 e. The van der Waals surface area contributed by atoms with E-state index in [4.69, 9.17) is 5.26 Å². The predicted molar refractivity (Wildman–Crippen MR) is 109 cm³/mol. The number of aryl methyl sites for hydroxylation is 1. The standard InChI is InChI=1S/C22H36N2O3/c1-2-3-4-5-6-7-8-9-10-11-12-13-14-15-16-24-18-20(25)22(27)21(26)19(24)17-23/h18,25-26H,2-16H2,1H3. The Morgan fingerprint density at radius 3 is 1.74 bits per heavy atom. The number of hydrogen-bond acceptors (Lipinski definition) is 4. The van der Waals surface area contributed by atoms with E-state index in [1.165, 1.54) is 81.4 Å².